The van der Waals surface area contributed by atoms with Gasteiger partial charge in [0.15, 0.2) is 0 Å². The van der Waals surface area contributed by atoms with Crippen LogP contribution in [0.5, 0.6) is 0 Å². The summed E-state index contributed by atoms with van der Waals surface area (Å²) in [6.45, 7) is 4.68. The maximum atomic E-state index is 11.7. The molecule has 1 aromatic rings. The topological polar surface area (TPSA) is 70.2 Å². The molecule has 0 heterocycles. The van der Waals surface area contributed by atoms with Gasteiger partial charge in [0.1, 0.15) is 0 Å². The molecule has 0 bridgehead atoms. The molecule has 0 aromatic heterocycles. The van der Waals surface area contributed by atoms with Crippen molar-refractivity contribution in [3.05, 3.63) is 34.3 Å². The van der Waals surface area contributed by atoms with Gasteiger partial charge in [-0.05, 0) is 30.2 Å². The highest BCUT2D eigenvalue weighted by Crippen LogP contribution is 2.09. The van der Waals surface area contributed by atoms with Gasteiger partial charge in [-0.1, -0.05) is 36.2 Å². The van der Waals surface area contributed by atoms with E-state index in [1.165, 1.54) is 0 Å². The maximum absolute atomic E-state index is 11.7. The van der Waals surface area contributed by atoms with Crippen LogP contribution in [-0.4, -0.2) is 18.5 Å². The normalized spacial score (nSPS) is 11.5. The van der Waals surface area contributed by atoms with Crippen molar-refractivity contribution in [2.24, 2.45) is 5.92 Å². The van der Waals surface area contributed by atoms with Crippen molar-refractivity contribution in [1.29, 1.82) is 0 Å². The number of hydrogen-bond acceptors (Lipinski definition) is 2. The predicted molar refractivity (Wildman–Crippen MR) is 77.6 cm³/mol. The van der Waals surface area contributed by atoms with Crippen molar-refractivity contribution in [3.8, 4) is 0 Å². The van der Waals surface area contributed by atoms with Gasteiger partial charge in [-0.3, -0.25) is 10.2 Å². The van der Waals surface area contributed by atoms with Crippen molar-refractivity contribution >= 4 is 27.9 Å². The molecule has 1 rings (SSSR count). The largest absolute Gasteiger partial charge is 0.336 e. The van der Waals surface area contributed by atoms with E-state index in [1.54, 1.807) is 24.3 Å². The number of amides is 3. The summed E-state index contributed by atoms with van der Waals surface area (Å²) in [7, 11) is 0. The lowest BCUT2D eigenvalue weighted by Crippen LogP contribution is -2.47. The van der Waals surface area contributed by atoms with Gasteiger partial charge in [0, 0.05) is 16.6 Å². The fourth-order valence-electron chi connectivity index (χ4n) is 1.24. The smallest absolute Gasteiger partial charge is 0.333 e. The molecule has 3 N–H and O–H groups in total. The third kappa shape index (κ3) is 5.74. The fourth-order valence-corrected chi connectivity index (χ4v) is 1.51. The Morgan fingerprint density at radius 3 is 2.42 bits per heavy atom. The Balaban J connectivity index is 2.34. The zero-order chi connectivity index (χ0) is 14.3. The van der Waals surface area contributed by atoms with E-state index in [-0.39, 0.29) is 5.91 Å². The Bertz CT molecular complexity index is 434. The summed E-state index contributed by atoms with van der Waals surface area (Å²) in [4.78, 5) is 23.1. The van der Waals surface area contributed by atoms with Crippen LogP contribution in [0.15, 0.2) is 28.7 Å². The lowest BCUT2D eigenvalue weighted by atomic mass is 10.1. The molecule has 0 aliphatic heterocycles. The minimum Gasteiger partial charge on any atom is -0.336 e. The Kier molecular flexibility index (Phi) is 6.35. The summed E-state index contributed by atoms with van der Waals surface area (Å²) in [5.74, 6) is 0.0547. The van der Waals surface area contributed by atoms with Gasteiger partial charge in [-0.15, -0.1) is 0 Å². The third-order valence-electron chi connectivity index (χ3n) is 2.70. The zero-order valence-electron chi connectivity index (χ0n) is 11.0. The Labute approximate surface area is 121 Å². The van der Waals surface area contributed by atoms with Crippen molar-refractivity contribution in [2.75, 3.05) is 6.54 Å². The standard InChI is InChI=1S/C13H18BrN3O2/c1-3-9(2)8-15-13(19)17-16-12(18)10-4-6-11(14)7-5-10/h4-7,9H,3,8H2,1-2H3,(H,16,18)(H2,15,17,19). The van der Waals surface area contributed by atoms with E-state index in [1.807, 2.05) is 6.92 Å². The van der Waals surface area contributed by atoms with Crippen molar-refractivity contribution in [3.63, 3.8) is 0 Å². The van der Waals surface area contributed by atoms with Gasteiger partial charge in [0.25, 0.3) is 5.91 Å². The second-order valence-electron chi connectivity index (χ2n) is 4.31. The highest BCUT2D eigenvalue weighted by Gasteiger charge is 2.07. The van der Waals surface area contributed by atoms with E-state index in [9.17, 15) is 9.59 Å². The summed E-state index contributed by atoms with van der Waals surface area (Å²) in [5, 5.41) is 2.68. The number of carbonyl (C=O) groups excluding carboxylic acids is 2. The van der Waals surface area contributed by atoms with E-state index < -0.39 is 6.03 Å². The van der Waals surface area contributed by atoms with Gasteiger partial charge >= 0.3 is 6.03 Å². The van der Waals surface area contributed by atoms with Crippen LogP contribution in [-0.2, 0) is 0 Å². The highest BCUT2D eigenvalue weighted by atomic mass is 79.9. The van der Waals surface area contributed by atoms with Crippen LogP contribution in [0.3, 0.4) is 0 Å². The van der Waals surface area contributed by atoms with Gasteiger partial charge in [0.2, 0.25) is 0 Å². The van der Waals surface area contributed by atoms with E-state index in [0.29, 0.717) is 18.0 Å². The van der Waals surface area contributed by atoms with Crippen molar-refractivity contribution in [1.82, 2.24) is 16.2 Å². The number of hydrogen-bond donors (Lipinski definition) is 3. The number of benzene rings is 1. The Hall–Kier alpha value is -1.56. The lowest BCUT2D eigenvalue weighted by molar-refractivity contribution is 0.0936. The first-order valence-electron chi connectivity index (χ1n) is 6.12. The second-order valence-corrected chi connectivity index (χ2v) is 5.23. The molecular weight excluding hydrogens is 310 g/mol. The lowest BCUT2D eigenvalue weighted by Gasteiger charge is -2.11. The van der Waals surface area contributed by atoms with E-state index in [2.05, 4.69) is 39.0 Å². The predicted octanol–water partition coefficient (Wildman–Crippen LogP) is 2.44. The molecule has 0 saturated heterocycles. The van der Waals surface area contributed by atoms with Crippen molar-refractivity contribution < 1.29 is 9.59 Å². The number of hydrazine groups is 1. The van der Waals surface area contributed by atoms with Crippen LogP contribution in [0, 0.1) is 5.92 Å². The van der Waals surface area contributed by atoms with Gasteiger partial charge in [-0.25, -0.2) is 10.2 Å². The van der Waals surface area contributed by atoms with Crippen molar-refractivity contribution in [2.45, 2.75) is 20.3 Å². The first-order chi connectivity index (χ1) is 9.02. The molecule has 0 radical (unpaired) electrons. The first-order valence-corrected chi connectivity index (χ1v) is 6.92. The summed E-state index contributed by atoms with van der Waals surface area (Å²) in [5.41, 5.74) is 5.13. The Morgan fingerprint density at radius 2 is 1.84 bits per heavy atom. The minimum absolute atomic E-state index is 0.355. The van der Waals surface area contributed by atoms with Gasteiger partial charge in [-0.2, -0.15) is 0 Å². The van der Waals surface area contributed by atoms with Crippen LogP contribution < -0.4 is 16.2 Å². The number of carbonyl (C=O) groups is 2. The number of urea groups is 1. The quantitative estimate of drug-likeness (QED) is 0.743. The summed E-state index contributed by atoms with van der Waals surface area (Å²) in [6.07, 6.45) is 0.992. The van der Waals surface area contributed by atoms with Gasteiger partial charge in [0.05, 0.1) is 0 Å². The molecule has 0 aliphatic rings. The summed E-state index contributed by atoms with van der Waals surface area (Å²) >= 11 is 3.29. The van der Waals surface area contributed by atoms with Crippen LogP contribution in [0.2, 0.25) is 0 Å². The number of nitrogens with one attached hydrogen (secondary N) is 3. The number of rotatable bonds is 4. The van der Waals surface area contributed by atoms with Crippen LogP contribution in [0.4, 0.5) is 4.79 Å². The van der Waals surface area contributed by atoms with Crippen LogP contribution in [0.1, 0.15) is 30.6 Å². The first kappa shape index (κ1) is 15.5. The van der Waals surface area contributed by atoms with E-state index in [4.69, 9.17) is 0 Å². The average molecular weight is 328 g/mol. The highest BCUT2D eigenvalue weighted by molar-refractivity contribution is 9.10. The zero-order valence-corrected chi connectivity index (χ0v) is 12.6. The van der Waals surface area contributed by atoms with Crippen LogP contribution in [0.25, 0.3) is 0 Å². The molecule has 19 heavy (non-hydrogen) atoms. The molecule has 6 heteroatoms. The van der Waals surface area contributed by atoms with E-state index >= 15 is 0 Å². The molecule has 0 saturated carbocycles. The molecule has 1 atom stereocenters. The monoisotopic (exact) mass is 327 g/mol. The summed E-state index contributed by atoms with van der Waals surface area (Å²) < 4.78 is 0.892. The summed E-state index contributed by atoms with van der Waals surface area (Å²) in [6, 6.07) is 6.44. The second kappa shape index (κ2) is 7.78. The van der Waals surface area contributed by atoms with Gasteiger partial charge < -0.3 is 5.32 Å². The average Bonchev–Trinajstić information content (AvgIpc) is 2.42. The molecule has 0 spiro atoms. The molecule has 1 unspecified atom stereocenters. The molecular formula is C13H18BrN3O2. The molecule has 5 nitrogen and oxygen atoms in total. The van der Waals surface area contributed by atoms with Crippen LogP contribution >= 0.6 is 15.9 Å². The molecule has 1 aromatic carbocycles. The fraction of sp³-hybridized carbons (Fsp3) is 0.385. The maximum Gasteiger partial charge on any atom is 0.333 e. The Morgan fingerprint density at radius 1 is 1.21 bits per heavy atom. The molecule has 3 amide bonds. The minimum atomic E-state index is -0.411. The van der Waals surface area contributed by atoms with E-state index in [0.717, 1.165) is 10.9 Å². The molecule has 0 aliphatic carbocycles. The third-order valence-corrected chi connectivity index (χ3v) is 3.23. The molecule has 104 valence electrons. The molecule has 0 fully saturated rings. The SMILES string of the molecule is CCC(C)CNC(=O)NNC(=O)c1ccc(Br)cc1. The number of halogens is 1.